The SMILES string of the molecule is O=C(c1ccc(O)cc1O)N1CCC[C@@H]1c1ccc(Cl)cc1. The van der Waals surface area contributed by atoms with Gasteiger partial charge in [-0.2, -0.15) is 0 Å². The first-order valence-electron chi connectivity index (χ1n) is 7.14. The van der Waals surface area contributed by atoms with E-state index in [0.29, 0.717) is 11.6 Å². The molecule has 1 atom stereocenters. The van der Waals surface area contributed by atoms with Crippen molar-refractivity contribution in [1.82, 2.24) is 4.90 Å². The largest absolute Gasteiger partial charge is 0.508 e. The second kappa shape index (κ2) is 5.89. The summed E-state index contributed by atoms with van der Waals surface area (Å²) >= 11 is 5.91. The van der Waals surface area contributed by atoms with Crippen molar-refractivity contribution < 1.29 is 15.0 Å². The van der Waals surface area contributed by atoms with E-state index in [9.17, 15) is 15.0 Å². The van der Waals surface area contributed by atoms with Crippen LogP contribution in [0.5, 0.6) is 11.5 Å². The van der Waals surface area contributed by atoms with Gasteiger partial charge in [-0.05, 0) is 42.7 Å². The highest BCUT2D eigenvalue weighted by Crippen LogP contribution is 2.35. The van der Waals surface area contributed by atoms with Crippen molar-refractivity contribution in [3.8, 4) is 11.5 Å². The third-order valence-electron chi connectivity index (χ3n) is 3.98. The third kappa shape index (κ3) is 2.74. The normalized spacial score (nSPS) is 17.7. The Labute approximate surface area is 133 Å². The van der Waals surface area contributed by atoms with E-state index in [2.05, 4.69) is 0 Å². The van der Waals surface area contributed by atoms with Crippen LogP contribution in [-0.4, -0.2) is 27.6 Å². The summed E-state index contributed by atoms with van der Waals surface area (Å²) in [6.45, 7) is 0.645. The molecular weight excluding hydrogens is 302 g/mol. The van der Waals surface area contributed by atoms with Crippen LogP contribution in [0.15, 0.2) is 42.5 Å². The highest BCUT2D eigenvalue weighted by Gasteiger charge is 2.31. The molecule has 0 aromatic heterocycles. The molecule has 4 nitrogen and oxygen atoms in total. The molecule has 2 aromatic carbocycles. The van der Waals surface area contributed by atoms with E-state index in [0.717, 1.165) is 18.4 Å². The quantitative estimate of drug-likeness (QED) is 0.887. The van der Waals surface area contributed by atoms with Gasteiger partial charge in [0, 0.05) is 17.6 Å². The van der Waals surface area contributed by atoms with E-state index in [-0.39, 0.29) is 29.0 Å². The first-order chi connectivity index (χ1) is 10.6. The zero-order valence-electron chi connectivity index (χ0n) is 11.9. The standard InChI is InChI=1S/C17H16ClNO3/c18-12-5-3-11(4-6-12)15-2-1-9-19(15)17(22)14-8-7-13(20)10-16(14)21/h3-8,10,15,20-21H,1-2,9H2/t15-/m1/s1. The van der Waals surface area contributed by atoms with Crippen LogP contribution < -0.4 is 0 Å². The lowest BCUT2D eigenvalue weighted by molar-refractivity contribution is 0.0732. The zero-order valence-corrected chi connectivity index (χ0v) is 12.6. The Morgan fingerprint density at radius 2 is 1.86 bits per heavy atom. The van der Waals surface area contributed by atoms with Gasteiger partial charge in [0.2, 0.25) is 0 Å². The summed E-state index contributed by atoms with van der Waals surface area (Å²) in [5.41, 5.74) is 1.24. The van der Waals surface area contributed by atoms with Crippen LogP contribution in [0.4, 0.5) is 0 Å². The molecule has 3 rings (SSSR count). The monoisotopic (exact) mass is 317 g/mol. The maximum atomic E-state index is 12.7. The zero-order chi connectivity index (χ0) is 15.7. The van der Waals surface area contributed by atoms with E-state index in [1.807, 2.05) is 24.3 Å². The minimum absolute atomic E-state index is 0.0158. The number of carbonyl (C=O) groups is 1. The van der Waals surface area contributed by atoms with Gasteiger partial charge < -0.3 is 15.1 Å². The first-order valence-corrected chi connectivity index (χ1v) is 7.52. The number of hydrogen-bond donors (Lipinski definition) is 2. The van der Waals surface area contributed by atoms with E-state index in [4.69, 9.17) is 11.6 Å². The van der Waals surface area contributed by atoms with Gasteiger partial charge in [-0.3, -0.25) is 4.79 Å². The average molecular weight is 318 g/mol. The second-order valence-electron chi connectivity index (χ2n) is 5.41. The predicted molar refractivity (Wildman–Crippen MR) is 84.2 cm³/mol. The first kappa shape index (κ1) is 14.7. The number of rotatable bonds is 2. The molecule has 1 fully saturated rings. The van der Waals surface area contributed by atoms with Crippen LogP contribution in [0.25, 0.3) is 0 Å². The molecular formula is C17H16ClNO3. The fourth-order valence-corrected chi connectivity index (χ4v) is 3.02. The van der Waals surface area contributed by atoms with Crippen LogP contribution in [0.1, 0.15) is 34.8 Å². The van der Waals surface area contributed by atoms with Gasteiger partial charge in [0.1, 0.15) is 11.5 Å². The maximum absolute atomic E-state index is 12.7. The lowest BCUT2D eigenvalue weighted by atomic mass is 10.0. The number of likely N-dealkylation sites (tertiary alicyclic amines) is 1. The van der Waals surface area contributed by atoms with Gasteiger partial charge in [0.15, 0.2) is 0 Å². The number of phenolic OH excluding ortho intramolecular Hbond substituents is 2. The van der Waals surface area contributed by atoms with Crippen molar-refractivity contribution in [1.29, 1.82) is 0 Å². The Bertz CT molecular complexity index is 700. The molecule has 1 heterocycles. The van der Waals surface area contributed by atoms with Crippen LogP contribution in [0.2, 0.25) is 5.02 Å². The van der Waals surface area contributed by atoms with Gasteiger partial charge >= 0.3 is 0 Å². The molecule has 0 radical (unpaired) electrons. The molecule has 1 aliphatic rings. The lowest BCUT2D eigenvalue weighted by Crippen LogP contribution is -2.30. The minimum atomic E-state index is -0.227. The summed E-state index contributed by atoms with van der Waals surface area (Å²) in [7, 11) is 0. The molecule has 2 aromatic rings. The van der Waals surface area contributed by atoms with E-state index in [1.165, 1.54) is 18.2 Å². The van der Waals surface area contributed by atoms with Crippen molar-refractivity contribution in [2.24, 2.45) is 0 Å². The number of aromatic hydroxyl groups is 2. The summed E-state index contributed by atoms with van der Waals surface area (Å²) in [6.07, 6.45) is 1.80. The number of phenols is 2. The van der Waals surface area contributed by atoms with Gasteiger partial charge in [0.25, 0.3) is 5.91 Å². The van der Waals surface area contributed by atoms with Crippen molar-refractivity contribution in [2.45, 2.75) is 18.9 Å². The van der Waals surface area contributed by atoms with Gasteiger partial charge in [0.05, 0.1) is 11.6 Å². The summed E-state index contributed by atoms with van der Waals surface area (Å²) in [5, 5.41) is 19.9. The molecule has 0 spiro atoms. The van der Waals surface area contributed by atoms with Crippen LogP contribution >= 0.6 is 11.6 Å². The molecule has 2 N–H and O–H groups in total. The second-order valence-corrected chi connectivity index (χ2v) is 5.85. The van der Waals surface area contributed by atoms with Gasteiger partial charge in [-0.15, -0.1) is 0 Å². The third-order valence-corrected chi connectivity index (χ3v) is 4.23. The molecule has 114 valence electrons. The van der Waals surface area contributed by atoms with Crippen LogP contribution in [0, 0.1) is 0 Å². The molecule has 22 heavy (non-hydrogen) atoms. The smallest absolute Gasteiger partial charge is 0.258 e. The molecule has 0 unspecified atom stereocenters. The minimum Gasteiger partial charge on any atom is -0.508 e. The number of nitrogens with zero attached hydrogens (tertiary/aromatic N) is 1. The highest BCUT2D eigenvalue weighted by molar-refractivity contribution is 6.30. The fourth-order valence-electron chi connectivity index (χ4n) is 2.90. The van der Waals surface area contributed by atoms with Gasteiger partial charge in [-0.25, -0.2) is 0 Å². The number of hydrogen-bond acceptors (Lipinski definition) is 3. The van der Waals surface area contributed by atoms with Crippen molar-refractivity contribution in [3.05, 3.63) is 58.6 Å². The predicted octanol–water partition coefficient (Wildman–Crippen LogP) is 3.73. The molecule has 0 bridgehead atoms. The highest BCUT2D eigenvalue weighted by atomic mass is 35.5. The Hall–Kier alpha value is -2.20. The summed E-state index contributed by atoms with van der Waals surface area (Å²) in [5.74, 6) is -0.494. The van der Waals surface area contributed by atoms with Gasteiger partial charge in [-0.1, -0.05) is 23.7 Å². The lowest BCUT2D eigenvalue weighted by Gasteiger charge is -2.25. The van der Waals surface area contributed by atoms with Crippen molar-refractivity contribution >= 4 is 17.5 Å². The Morgan fingerprint density at radius 3 is 2.55 bits per heavy atom. The Balaban J connectivity index is 1.89. The van der Waals surface area contributed by atoms with Crippen LogP contribution in [-0.2, 0) is 0 Å². The number of benzene rings is 2. The van der Waals surface area contributed by atoms with E-state index < -0.39 is 0 Å². The fraction of sp³-hybridized carbons (Fsp3) is 0.235. The topological polar surface area (TPSA) is 60.8 Å². The Morgan fingerprint density at radius 1 is 1.14 bits per heavy atom. The average Bonchev–Trinajstić information content (AvgIpc) is 2.97. The van der Waals surface area contributed by atoms with E-state index in [1.54, 1.807) is 4.90 Å². The summed E-state index contributed by atoms with van der Waals surface area (Å²) in [4.78, 5) is 14.4. The molecule has 1 saturated heterocycles. The number of halogens is 1. The summed E-state index contributed by atoms with van der Waals surface area (Å²) in [6, 6.07) is 11.5. The number of amides is 1. The molecule has 0 aliphatic carbocycles. The summed E-state index contributed by atoms with van der Waals surface area (Å²) < 4.78 is 0. The Kier molecular flexibility index (Phi) is 3.94. The maximum Gasteiger partial charge on any atom is 0.258 e. The van der Waals surface area contributed by atoms with Crippen molar-refractivity contribution in [2.75, 3.05) is 6.54 Å². The van der Waals surface area contributed by atoms with E-state index >= 15 is 0 Å². The molecule has 1 aliphatic heterocycles. The van der Waals surface area contributed by atoms with Crippen molar-refractivity contribution in [3.63, 3.8) is 0 Å². The molecule has 1 amide bonds. The molecule has 0 saturated carbocycles. The molecule has 5 heteroatoms. The number of carbonyl (C=O) groups excluding carboxylic acids is 1. The van der Waals surface area contributed by atoms with Crippen LogP contribution in [0.3, 0.4) is 0 Å².